The summed E-state index contributed by atoms with van der Waals surface area (Å²) >= 11 is 0. The van der Waals surface area contributed by atoms with E-state index < -0.39 is 5.79 Å². The molecule has 2 saturated heterocycles. The molecule has 1 unspecified atom stereocenters. The van der Waals surface area contributed by atoms with Gasteiger partial charge >= 0.3 is 0 Å². The molecule has 264 valence electrons. The fourth-order valence-electron chi connectivity index (χ4n) is 7.42. The van der Waals surface area contributed by atoms with Crippen molar-refractivity contribution in [2.75, 3.05) is 32.8 Å². The van der Waals surface area contributed by atoms with Gasteiger partial charge in [-0.1, -0.05) is 55.7 Å². The minimum Gasteiger partial charge on any atom is -0.465 e. The van der Waals surface area contributed by atoms with Gasteiger partial charge in [0.15, 0.2) is 5.79 Å². The van der Waals surface area contributed by atoms with Gasteiger partial charge < -0.3 is 29.4 Å². The minimum absolute atomic E-state index is 0.0966. The minimum atomic E-state index is -1.39. The maximum atomic E-state index is 13.6. The molecule has 0 bridgehead atoms. The average Bonchev–Trinajstić information content (AvgIpc) is 3.68. The fourth-order valence-corrected chi connectivity index (χ4v) is 7.42. The summed E-state index contributed by atoms with van der Waals surface area (Å²) in [6.45, 7) is 6.49. The first kappa shape index (κ1) is 35.6. The molecule has 0 saturated carbocycles. The second-order valence-electron chi connectivity index (χ2n) is 13.9. The van der Waals surface area contributed by atoms with Crippen molar-refractivity contribution in [3.05, 3.63) is 114 Å². The van der Waals surface area contributed by atoms with E-state index in [1.54, 1.807) is 41.5 Å². The zero-order valence-electron chi connectivity index (χ0n) is 29.3. The maximum Gasteiger partial charge on any atom is 0.253 e. The molecule has 2 N–H and O–H groups in total. The fraction of sp³-hybridized carbons (Fsp3) is 0.429. The van der Waals surface area contributed by atoms with Crippen LogP contribution in [0, 0.1) is 11.8 Å². The number of benzene rings is 2. The third-order valence-corrected chi connectivity index (χ3v) is 10.3. The van der Waals surface area contributed by atoms with Crippen molar-refractivity contribution in [3.63, 3.8) is 0 Å². The van der Waals surface area contributed by atoms with E-state index in [1.807, 2.05) is 60.4 Å². The molecule has 1 aromatic heterocycles. The van der Waals surface area contributed by atoms with Crippen LogP contribution in [0.1, 0.15) is 80.0 Å². The first-order chi connectivity index (χ1) is 24.4. The van der Waals surface area contributed by atoms with E-state index in [-0.39, 0.29) is 18.2 Å². The first-order valence-electron chi connectivity index (χ1n) is 18.4. The van der Waals surface area contributed by atoms with E-state index in [4.69, 9.17) is 9.15 Å². The van der Waals surface area contributed by atoms with Gasteiger partial charge in [-0.2, -0.15) is 0 Å². The molecule has 2 amide bonds. The summed E-state index contributed by atoms with van der Waals surface area (Å²) in [5, 5.41) is 14.2. The normalized spacial score (nSPS) is 20.3. The molecule has 0 radical (unpaired) electrons. The Bertz CT molecular complexity index is 1660. The predicted molar refractivity (Wildman–Crippen MR) is 197 cm³/mol. The van der Waals surface area contributed by atoms with Crippen LogP contribution in [0.3, 0.4) is 0 Å². The molecule has 8 nitrogen and oxygen atoms in total. The molecule has 3 aromatic rings. The number of hydrogen-bond donors (Lipinski definition) is 2. The summed E-state index contributed by atoms with van der Waals surface area (Å²) in [7, 11) is 0. The van der Waals surface area contributed by atoms with Crippen LogP contribution >= 0.6 is 0 Å². The van der Waals surface area contributed by atoms with Gasteiger partial charge in [-0.25, -0.2) is 0 Å². The van der Waals surface area contributed by atoms with Crippen molar-refractivity contribution < 1.29 is 23.8 Å². The molecular weight excluding hydrogens is 626 g/mol. The van der Waals surface area contributed by atoms with Gasteiger partial charge in [0, 0.05) is 43.5 Å². The number of likely N-dealkylation sites (tertiary alicyclic amines) is 1. The van der Waals surface area contributed by atoms with Crippen LogP contribution in [-0.2, 0) is 16.1 Å². The topological polar surface area (TPSA) is 95.3 Å². The average molecular weight is 678 g/mol. The molecule has 1 atom stereocenters. The van der Waals surface area contributed by atoms with Gasteiger partial charge in [0.25, 0.3) is 11.8 Å². The van der Waals surface area contributed by atoms with E-state index in [0.717, 1.165) is 54.5 Å². The van der Waals surface area contributed by atoms with Crippen molar-refractivity contribution in [1.29, 1.82) is 0 Å². The Morgan fingerprint density at radius 2 is 1.74 bits per heavy atom. The number of nitrogens with one attached hydrogen (secondary N) is 1. The first-order valence-corrected chi connectivity index (χ1v) is 18.4. The van der Waals surface area contributed by atoms with Crippen molar-refractivity contribution in [1.82, 2.24) is 15.1 Å². The molecule has 2 aliphatic heterocycles. The SMILES string of the molecule is CCOC1(O)C=CC(N(Cc2cccc(-c3cccc(C(=O)N4CCC(CCCC5CCNCC5)CC4)c3)c2)C(=O)/C=C/c2ccco2)=CC1. The highest BCUT2D eigenvalue weighted by atomic mass is 16.6. The number of carbonyl (C=O) groups excluding carboxylic acids is 2. The lowest BCUT2D eigenvalue weighted by molar-refractivity contribution is -0.161. The Labute approximate surface area is 296 Å². The second kappa shape index (κ2) is 17.1. The van der Waals surface area contributed by atoms with E-state index in [1.165, 1.54) is 51.3 Å². The number of allylic oxidation sites excluding steroid dienone is 1. The smallest absolute Gasteiger partial charge is 0.253 e. The number of hydrogen-bond acceptors (Lipinski definition) is 6. The summed E-state index contributed by atoms with van der Waals surface area (Å²) in [5.41, 5.74) is 4.24. The number of furan rings is 1. The summed E-state index contributed by atoms with van der Waals surface area (Å²) in [4.78, 5) is 30.9. The molecule has 3 aliphatic rings. The molecule has 6 rings (SSSR count). The molecule has 2 aromatic carbocycles. The van der Waals surface area contributed by atoms with Crippen LogP contribution in [0.25, 0.3) is 17.2 Å². The van der Waals surface area contributed by atoms with Crippen LogP contribution in [-0.4, -0.2) is 65.3 Å². The summed E-state index contributed by atoms with van der Waals surface area (Å²) in [6.07, 6.45) is 18.8. The third-order valence-electron chi connectivity index (χ3n) is 10.3. The molecule has 50 heavy (non-hydrogen) atoms. The maximum absolute atomic E-state index is 13.6. The zero-order valence-corrected chi connectivity index (χ0v) is 29.3. The number of amides is 2. The lowest BCUT2D eigenvalue weighted by Crippen LogP contribution is -2.38. The van der Waals surface area contributed by atoms with Crippen molar-refractivity contribution in [2.45, 2.75) is 70.6 Å². The highest BCUT2D eigenvalue weighted by molar-refractivity contribution is 5.95. The Morgan fingerprint density at radius 1 is 1.00 bits per heavy atom. The highest BCUT2D eigenvalue weighted by Crippen LogP contribution is 2.29. The number of nitrogens with zero attached hydrogens (tertiary/aromatic N) is 2. The quantitative estimate of drug-likeness (QED) is 0.143. The van der Waals surface area contributed by atoms with Crippen LogP contribution in [0.15, 0.2) is 101 Å². The molecule has 2 fully saturated rings. The van der Waals surface area contributed by atoms with E-state index in [2.05, 4.69) is 11.4 Å². The Balaban J connectivity index is 1.10. The number of carbonyl (C=O) groups is 2. The van der Waals surface area contributed by atoms with Crippen LogP contribution in [0.5, 0.6) is 0 Å². The van der Waals surface area contributed by atoms with Crippen molar-refractivity contribution >= 4 is 17.9 Å². The summed E-state index contributed by atoms with van der Waals surface area (Å²) in [6, 6.07) is 19.5. The number of aliphatic hydroxyl groups is 1. The van der Waals surface area contributed by atoms with Gasteiger partial charge in [-0.3, -0.25) is 9.59 Å². The summed E-state index contributed by atoms with van der Waals surface area (Å²) in [5.74, 6) is 0.680. The van der Waals surface area contributed by atoms with Gasteiger partial charge in [0.1, 0.15) is 5.76 Å². The van der Waals surface area contributed by atoms with E-state index in [0.29, 0.717) is 30.2 Å². The Hall–Kier alpha value is -4.24. The van der Waals surface area contributed by atoms with E-state index in [9.17, 15) is 14.7 Å². The Kier molecular flexibility index (Phi) is 12.2. The van der Waals surface area contributed by atoms with Crippen molar-refractivity contribution in [2.24, 2.45) is 11.8 Å². The zero-order chi connectivity index (χ0) is 34.8. The molecular formula is C42H51N3O5. The Morgan fingerprint density at radius 3 is 2.44 bits per heavy atom. The van der Waals surface area contributed by atoms with Gasteiger partial charge in [-0.05, 0) is 123 Å². The van der Waals surface area contributed by atoms with Crippen LogP contribution < -0.4 is 5.32 Å². The molecule has 3 heterocycles. The molecule has 8 heteroatoms. The lowest BCUT2D eigenvalue weighted by atomic mass is 9.87. The molecule has 1 aliphatic carbocycles. The largest absolute Gasteiger partial charge is 0.465 e. The number of rotatable bonds is 13. The van der Waals surface area contributed by atoms with Crippen LogP contribution in [0.2, 0.25) is 0 Å². The van der Waals surface area contributed by atoms with Gasteiger partial charge in [0.2, 0.25) is 0 Å². The number of piperidine rings is 2. The van der Waals surface area contributed by atoms with Crippen molar-refractivity contribution in [3.8, 4) is 11.1 Å². The molecule has 0 spiro atoms. The highest BCUT2D eigenvalue weighted by Gasteiger charge is 2.28. The summed E-state index contributed by atoms with van der Waals surface area (Å²) < 4.78 is 10.9. The van der Waals surface area contributed by atoms with Gasteiger partial charge in [0.05, 0.1) is 12.8 Å². The van der Waals surface area contributed by atoms with E-state index >= 15 is 0 Å². The third kappa shape index (κ3) is 9.50. The van der Waals surface area contributed by atoms with Crippen LogP contribution in [0.4, 0.5) is 0 Å². The standard InChI is InChI=1S/C42H51N3O5/c1-2-50-42(48)22-16-38(17-23-42)45(40(46)15-14-39-13-6-28-49-39)31-34-9-4-10-35(29-34)36-11-5-12-37(30-36)41(47)44-26-20-33(21-27-44)8-3-7-32-18-24-43-25-19-32/h4-6,9-17,22,28-30,32-33,43,48H,2-3,7-8,18-21,23-27,31H2,1H3/b15-14+. The lowest BCUT2D eigenvalue weighted by Gasteiger charge is -2.32. The monoisotopic (exact) mass is 677 g/mol. The second-order valence-corrected chi connectivity index (χ2v) is 13.9. The van der Waals surface area contributed by atoms with Gasteiger partial charge in [-0.15, -0.1) is 0 Å². The predicted octanol–water partition coefficient (Wildman–Crippen LogP) is 7.58. The number of ether oxygens (including phenoxy) is 1.